The smallest absolute Gasteiger partial charge is 0.130 e. The molecule has 2 fully saturated rings. The van der Waals surface area contributed by atoms with E-state index in [0.717, 1.165) is 45.3 Å². The van der Waals surface area contributed by atoms with Crippen molar-refractivity contribution in [3.05, 3.63) is 24.8 Å². The first-order valence-corrected chi connectivity index (χ1v) is 6.97. The van der Waals surface area contributed by atoms with Crippen molar-refractivity contribution in [2.75, 3.05) is 13.2 Å². The van der Waals surface area contributed by atoms with Gasteiger partial charge in [0.1, 0.15) is 16.8 Å². The van der Waals surface area contributed by atoms with Crippen LogP contribution in [0.3, 0.4) is 0 Å². The number of aliphatic hydroxyl groups is 1. The number of ether oxygens (including phenoxy) is 2. The molecule has 0 aromatic carbocycles. The van der Waals surface area contributed by atoms with Gasteiger partial charge in [-0.05, 0) is 32.1 Å². The molecule has 0 aromatic heterocycles. The summed E-state index contributed by atoms with van der Waals surface area (Å²) < 4.78 is 12.2. The van der Waals surface area contributed by atoms with Crippen molar-refractivity contribution in [2.45, 2.75) is 55.3 Å². The highest BCUT2D eigenvalue weighted by atomic mass is 16.6. The lowest BCUT2D eigenvalue weighted by atomic mass is 9.62. The maximum atomic E-state index is 11.1. The van der Waals surface area contributed by atoms with Crippen LogP contribution in [0.2, 0.25) is 0 Å². The quantitative estimate of drug-likeness (QED) is 0.765. The van der Waals surface area contributed by atoms with Crippen LogP contribution in [0.4, 0.5) is 0 Å². The first-order chi connectivity index (χ1) is 8.68. The van der Waals surface area contributed by atoms with Gasteiger partial charge in [0.25, 0.3) is 0 Å². The van der Waals surface area contributed by atoms with E-state index in [0.29, 0.717) is 6.42 Å². The third kappa shape index (κ3) is 1.41. The number of rotatable bonds is 2. The van der Waals surface area contributed by atoms with Gasteiger partial charge in [0, 0.05) is 19.6 Å². The van der Waals surface area contributed by atoms with Crippen LogP contribution >= 0.6 is 0 Å². The Bertz CT molecular complexity index is 362. The van der Waals surface area contributed by atoms with Gasteiger partial charge >= 0.3 is 0 Å². The molecule has 1 aliphatic carbocycles. The molecule has 3 nitrogen and oxygen atoms in total. The average Bonchev–Trinajstić information content (AvgIpc) is 2.97. The molecule has 0 saturated carbocycles. The minimum Gasteiger partial charge on any atom is -0.382 e. The third-order valence-electron chi connectivity index (χ3n) is 4.86. The molecule has 0 radical (unpaired) electrons. The van der Waals surface area contributed by atoms with Crippen LogP contribution in [0.25, 0.3) is 0 Å². The van der Waals surface area contributed by atoms with Crippen LogP contribution in [0.5, 0.6) is 0 Å². The van der Waals surface area contributed by atoms with Crippen molar-refractivity contribution in [1.82, 2.24) is 0 Å². The van der Waals surface area contributed by atoms with Crippen LogP contribution in [0.1, 0.15) is 38.5 Å². The lowest BCUT2D eigenvalue weighted by molar-refractivity contribution is -0.241. The largest absolute Gasteiger partial charge is 0.382 e. The third-order valence-corrected chi connectivity index (χ3v) is 4.86. The fourth-order valence-electron chi connectivity index (χ4n) is 4.11. The van der Waals surface area contributed by atoms with Crippen molar-refractivity contribution in [3.63, 3.8) is 0 Å². The highest BCUT2D eigenvalue weighted by molar-refractivity contribution is 5.29. The van der Waals surface area contributed by atoms with E-state index in [1.807, 2.05) is 6.08 Å². The molecule has 0 amide bonds. The summed E-state index contributed by atoms with van der Waals surface area (Å²) in [6, 6.07) is 0. The van der Waals surface area contributed by atoms with Crippen molar-refractivity contribution in [3.8, 4) is 0 Å². The van der Waals surface area contributed by atoms with Gasteiger partial charge in [0.15, 0.2) is 0 Å². The minimum absolute atomic E-state index is 0.323. The Kier molecular flexibility index (Phi) is 2.88. The molecule has 100 valence electrons. The Morgan fingerprint density at radius 1 is 1.22 bits per heavy atom. The summed E-state index contributed by atoms with van der Waals surface area (Å²) in [6.07, 6.45) is 11.0. The van der Waals surface area contributed by atoms with Crippen LogP contribution < -0.4 is 0 Å². The second-order valence-corrected chi connectivity index (χ2v) is 5.75. The van der Waals surface area contributed by atoms with Crippen molar-refractivity contribution < 1.29 is 14.6 Å². The molecule has 0 aromatic rings. The summed E-state index contributed by atoms with van der Waals surface area (Å²) in [4.78, 5) is 0. The lowest BCUT2D eigenvalue weighted by Crippen LogP contribution is -2.68. The predicted molar refractivity (Wildman–Crippen MR) is 69.4 cm³/mol. The Labute approximate surface area is 108 Å². The molecule has 3 heteroatoms. The Morgan fingerprint density at radius 2 is 2.00 bits per heavy atom. The molecule has 3 atom stereocenters. The first-order valence-electron chi connectivity index (χ1n) is 6.97. The number of fused-ring (bicyclic) bond motifs is 1. The molecule has 0 unspecified atom stereocenters. The lowest BCUT2D eigenvalue weighted by Gasteiger charge is -2.54. The minimum atomic E-state index is -0.964. The number of hydrogen-bond donors (Lipinski definition) is 1. The van der Waals surface area contributed by atoms with E-state index >= 15 is 0 Å². The van der Waals surface area contributed by atoms with E-state index in [9.17, 15) is 5.11 Å². The van der Waals surface area contributed by atoms with E-state index in [4.69, 9.17) is 9.47 Å². The van der Waals surface area contributed by atoms with Crippen LogP contribution in [0, 0.1) is 0 Å². The SMILES string of the molecule is C=CC[C@]1(O)C=CC[C@]2(CCCO2)[C@]12CCCO2. The Morgan fingerprint density at radius 3 is 2.61 bits per heavy atom. The second-order valence-electron chi connectivity index (χ2n) is 5.75. The first kappa shape index (κ1) is 12.4. The molecule has 1 N–H and O–H groups in total. The van der Waals surface area contributed by atoms with Crippen LogP contribution in [0.15, 0.2) is 24.8 Å². The summed E-state index contributed by atoms with van der Waals surface area (Å²) in [5, 5.41) is 11.1. The molecule has 3 rings (SSSR count). The van der Waals surface area contributed by atoms with Gasteiger partial charge in [0.05, 0.1) is 0 Å². The van der Waals surface area contributed by atoms with Crippen LogP contribution in [-0.4, -0.2) is 35.1 Å². The molecule has 0 bridgehead atoms. The molecule has 2 saturated heterocycles. The Hall–Kier alpha value is -0.640. The predicted octanol–water partition coefficient (Wildman–Crippen LogP) is 2.35. The molecule has 18 heavy (non-hydrogen) atoms. The van der Waals surface area contributed by atoms with E-state index in [1.54, 1.807) is 6.08 Å². The van der Waals surface area contributed by atoms with E-state index in [2.05, 4.69) is 12.7 Å². The van der Waals surface area contributed by atoms with Gasteiger partial charge in [-0.2, -0.15) is 0 Å². The van der Waals surface area contributed by atoms with Gasteiger partial charge in [-0.1, -0.05) is 18.2 Å². The summed E-state index contributed by atoms with van der Waals surface area (Å²) in [7, 11) is 0. The zero-order valence-electron chi connectivity index (χ0n) is 10.9. The highest BCUT2D eigenvalue weighted by Gasteiger charge is 2.66. The van der Waals surface area contributed by atoms with Gasteiger partial charge in [-0.25, -0.2) is 0 Å². The van der Waals surface area contributed by atoms with Crippen molar-refractivity contribution in [2.24, 2.45) is 0 Å². The summed E-state index contributed by atoms with van der Waals surface area (Å²) in [5.41, 5.74) is -1.86. The zero-order chi connectivity index (χ0) is 12.7. The molecule has 2 aliphatic heterocycles. The monoisotopic (exact) mass is 250 g/mol. The normalized spacial score (nSPS) is 47.2. The fraction of sp³-hybridized carbons (Fsp3) is 0.733. The zero-order valence-corrected chi connectivity index (χ0v) is 10.9. The van der Waals surface area contributed by atoms with E-state index < -0.39 is 11.2 Å². The molecular weight excluding hydrogens is 228 g/mol. The molecule has 2 heterocycles. The Balaban J connectivity index is 2.07. The van der Waals surface area contributed by atoms with Gasteiger partial charge in [-0.15, -0.1) is 6.58 Å². The fourth-order valence-corrected chi connectivity index (χ4v) is 4.11. The molecular formula is C15H22O3. The summed E-state index contributed by atoms with van der Waals surface area (Å²) in [5.74, 6) is 0. The van der Waals surface area contributed by atoms with Gasteiger partial charge < -0.3 is 14.6 Å². The van der Waals surface area contributed by atoms with Gasteiger partial charge in [0.2, 0.25) is 0 Å². The van der Waals surface area contributed by atoms with Gasteiger partial charge in [-0.3, -0.25) is 0 Å². The maximum Gasteiger partial charge on any atom is 0.130 e. The average molecular weight is 250 g/mol. The van der Waals surface area contributed by atoms with E-state index in [-0.39, 0.29) is 5.60 Å². The summed E-state index contributed by atoms with van der Waals surface area (Å²) >= 11 is 0. The highest BCUT2D eigenvalue weighted by Crippen LogP contribution is 2.55. The topological polar surface area (TPSA) is 38.7 Å². The van der Waals surface area contributed by atoms with Crippen LogP contribution in [-0.2, 0) is 9.47 Å². The molecule has 3 aliphatic rings. The van der Waals surface area contributed by atoms with Crippen molar-refractivity contribution >= 4 is 0 Å². The standard InChI is InChI=1S/C15H22O3/c1-2-6-13(16)7-3-8-14(9-4-11-17-14)15(13)10-5-12-18-15/h2-3,7,16H,1,4-6,8-12H2/t13-,14-,15-/m0/s1. The summed E-state index contributed by atoms with van der Waals surface area (Å²) in [6.45, 7) is 5.28. The second kappa shape index (κ2) is 4.19. The molecule has 2 spiro atoms. The maximum absolute atomic E-state index is 11.1. The van der Waals surface area contributed by atoms with E-state index in [1.165, 1.54) is 0 Å². The van der Waals surface area contributed by atoms with Crippen molar-refractivity contribution in [1.29, 1.82) is 0 Å². The number of hydrogen-bond acceptors (Lipinski definition) is 3.